The molecule has 1 saturated heterocycles. The van der Waals surface area contributed by atoms with Crippen LogP contribution in [0.1, 0.15) is 29.6 Å². The molecule has 25 heavy (non-hydrogen) atoms. The van der Waals surface area contributed by atoms with E-state index in [2.05, 4.69) is 5.43 Å². The van der Waals surface area contributed by atoms with Crippen LogP contribution in [0, 0.1) is 0 Å². The highest BCUT2D eigenvalue weighted by atomic mass is 16.5. The first-order valence-corrected chi connectivity index (χ1v) is 7.63. The van der Waals surface area contributed by atoms with Crippen molar-refractivity contribution >= 4 is 17.8 Å². The second-order valence-electron chi connectivity index (χ2n) is 5.14. The van der Waals surface area contributed by atoms with E-state index in [-0.39, 0.29) is 5.91 Å². The van der Waals surface area contributed by atoms with Crippen LogP contribution in [0.25, 0.3) is 0 Å². The smallest absolute Gasteiger partial charge is 0.414 e. The average molecular weight is 354 g/mol. The summed E-state index contributed by atoms with van der Waals surface area (Å²) in [5.74, 6) is -2.79. The molecular formula is C16H22N2O7. The molecule has 0 aromatic heterocycles. The lowest BCUT2D eigenvalue weighted by molar-refractivity contribution is -0.159. The fraction of sp³-hybridized carbons (Fsp3) is 0.438. The molecule has 9 nitrogen and oxygen atoms in total. The zero-order valence-corrected chi connectivity index (χ0v) is 14.2. The van der Waals surface area contributed by atoms with Gasteiger partial charge in [0.25, 0.3) is 5.91 Å². The number of benzene rings is 1. The number of carboxylic acids is 2. The maximum atomic E-state index is 12.4. The summed E-state index contributed by atoms with van der Waals surface area (Å²) >= 11 is 0. The fourth-order valence-corrected chi connectivity index (χ4v) is 2.28. The lowest BCUT2D eigenvalue weighted by atomic mass is 10.1. The molecule has 9 heteroatoms. The maximum Gasteiger partial charge on any atom is 0.414 e. The molecule has 1 aliphatic heterocycles. The average Bonchev–Trinajstić information content (AvgIpc) is 2.62. The lowest BCUT2D eigenvalue weighted by Gasteiger charge is -2.27. The minimum atomic E-state index is -1.82. The van der Waals surface area contributed by atoms with Gasteiger partial charge in [-0.2, -0.15) is 0 Å². The Kier molecular flexibility index (Phi) is 8.21. The Morgan fingerprint density at radius 2 is 1.44 bits per heavy atom. The summed E-state index contributed by atoms with van der Waals surface area (Å²) in [6, 6.07) is 5.32. The van der Waals surface area contributed by atoms with Gasteiger partial charge in [0, 0.05) is 13.1 Å². The topological polar surface area (TPSA) is 125 Å². The molecule has 0 bridgehead atoms. The summed E-state index contributed by atoms with van der Waals surface area (Å²) in [5.41, 5.74) is 3.36. The van der Waals surface area contributed by atoms with Crippen LogP contribution >= 0.6 is 0 Å². The van der Waals surface area contributed by atoms with Gasteiger partial charge < -0.3 is 19.7 Å². The Labute approximate surface area is 145 Å². The number of aliphatic carboxylic acids is 2. The van der Waals surface area contributed by atoms with Crippen LogP contribution < -0.4 is 14.9 Å². The number of ether oxygens (including phenoxy) is 2. The molecular weight excluding hydrogens is 332 g/mol. The van der Waals surface area contributed by atoms with Crippen LogP contribution in [0.5, 0.6) is 11.5 Å². The number of carboxylic acid groups (broad SMARTS) is 2. The summed E-state index contributed by atoms with van der Waals surface area (Å²) < 4.78 is 10.5. The molecule has 0 spiro atoms. The first-order valence-electron chi connectivity index (χ1n) is 7.63. The lowest BCUT2D eigenvalue weighted by Crippen LogP contribution is -2.45. The number of methoxy groups -OCH3 is 2. The number of hydrogen-bond donors (Lipinski definition) is 3. The van der Waals surface area contributed by atoms with Crippen molar-refractivity contribution in [1.82, 2.24) is 10.4 Å². The number of amides is 1. The molecule has 1 fully saturated rings. The van der Waals surface area contributed by atoms with Gasteiger partial charge in [-0.1, -0.05) is 12.5 Å². The van der Waals surface area contributed by atoms with Crippen LogP contribution in [0.4, 0.5) is 0 Å². The van der Waals surface area contributed by atoms with Gasteiger partial charge in [0.2, 0.25) is 0 Å². The summed E-state index contributed by atoms with van der Waals surface area (Å²) in [7, 11) is 3.10. The van der Waals surface area contributed by atoms with Crippen LogP contribution in [0.3, 0.4) is 0 Å². The molecule has 138 valence electrons. The number of hydrogen-bond acceptors (Lipinski definition) is 6. The van der Waals surface area contributed by atoms with Gasteiger partial charge in [0.1, 0.15) is 17.1 Å². The molecule has 1 aromatic rings. The van der Waals surface area contributed by atoms with Gasteiger partial charge in [0.05, 0.1) is 14.2 Å². The van der Waals surface area contributed by atoms with Crippen molar-refractivity contribution in [2.45, 2.75) is 19.3 Å². The minimum Gasteiger partial charge on any atom is -0.496 e. The summed E-state index contributed by atoms with van der Waals surface area (Å²) in [4.78, 5) is 30.6. The van der Waals surface area contributed by atoms with Crippen LogP contribution in [-0.2, 0) is 9.59 Å². The Morgan fingerprint density at radius 1 is 0.960 bits per heavy atom. The van der Waals surface area contributed by atoms with E-state index >= 15 is 0 Å². The largest absolute Gasteiger partial charge is 0.496 e. The number of piperidine rings is 1. The quantitative estimate of drug-likeness (QED) is 0.684. The molecule has 1 aromatic carbocycles. The summed E-state index contributed by atoms with van der Waals surface area (Å²) in [5, 5.41) is 16.7. The van der Waals surface area contributed by atoms with Crippen LogP contribution in [-0.4, -0.2) is 60.4 Å². The van der Waals surface area contributed by atoms with Crippen molar-refractivity contribution < 1.29 is 34.1 Å². The number of carbonyl (C=O) groups excluding carboxylic acids is 1. The van der Waals surface area contributed by atoms with Crippen molar-refractivity contribution in [3.8, 4) is 11.5 Å². The van der Waals surface area contributed by atoms with Gasteiger partial charge >= 0.3 is 11.9 Å². The third-order valence-electron chi connectivity index (χ3n) is 3.45. The predicted octanol–water partition coefficient (Wildman–Crippen LogP) is 0.990. The van der Waals surface area contributed by atoms with Crippen molar-refractivity contribution in [1.29, 1.82) is 0 Å². The maximum absolute atomic E-state index is 12.4. The fourth-order valence-electron chi connectivity index (χ4n) is 2.28. The number of rotatable bonds is 4. The minimum absolute atomic E-state index is 0.184. The van der Waals surface area contributed by atoms with E-state index in [0.717, 1.165) is 25.9 Å². The van der Waals surface area contributed by atoms with E-state index in [1.165, 1.54) is 6.42 Å². The molecule has 1 amide bonds. The molecule has 3 N–H and O–H groups in total. The zero-order chi connectivity index (χ0) is 18.8. The second-order valence-corrected chi connectivity index (χ2v) is 5.14. The second kappa shape index (κ2) is 10.1. The first kappa shape index (κ1) is 20.2. The highest BCUT2D eigenvalue weighted by Gasteiger charge is 2.21. The number of hydrazine groups is 1. The molecule has 1 aliphatic rings. The molecule has 0 aliphatic carbocycles. The zero-order valence-electron chi connectivity index (χ0n) is 14.2. The third-order valence-corrected chi connectivity index (χ3v) is 3.45. The Hall–Kier alpha value is -2.81. The number of nitrogens with one attached hydrogen (secondary N) is 1. The van der Waals surface area contributed by atoms with E-state index < -0.39 is 11.9 Å². The third kappa shape index (κ3) is 6.30. The van der Waals surface area contributed by atoms with Crippen molar-refractivity contribution in [3.05, 3.63) is 23.8 Å². The standard InChI is InChI=1S/C14H20N2O3.C2H2O4/c1-18-11-7-6-8-12(19-2)13(11)14(17)15-16-9-4-3-5-10-16;3-1(4)2(5)6/h6-8H,3-5,9-10H2,1-2H3,(H,15,17);(H,3,4)(H,5,6). The Bertz CT molecular complexity index is 578. The monoisotopic (exact) mass is 354 g/mol. The van der Waals surface area contributed by atoms with E-state index in [4.69, 9.17) is 29.3 Å². The van der Waals surface area contributed by atoms with Gasteiger partial charge in [-0.15, -0.1) is 0 Å². The molecule has 0 atom stereocenters. The van der Waals surface area contributed by atoms with Gasteiger partial charge in [-0.3, -0.25) is 10.2 Å². The van der Waals surface area contributed by atoms with E-state index in [1.807, 2.05) is 5.01 Å². The van der Waals surface area contributed by atoms with E-state index in [1.54, 1.807) is 32.4 Å². The highest BCUT2D eigenvalue weighted by molar-refractivity contribution is 6.27. The first-order chi connectivity index (χ1) is 11.9. The number of nitrogens with zero attached hydrogens (tertiary/aromatic N) is 1. The SMILES string of the molecule is COc1cccc(OC)c1C(=O)NN1CCCCC1.O=C(O)C(=O)O. The van der Waals surface area contributed by atoms with Crippen molar-refractivity contribution in [3.63, 3.8) is 0 Å². The van der Waals surface area contributed by atoms with Crippen LogP contribution in [0.15, 0.2) is 18.2 Å². The highest BCUT2D eigenvalue weighted by Crippen LogP contribution is 2.28. The summed E-state index contributed by atoms with van der Waals surface area (Å²) in [6.45, 7) is 1.78. The normalized spacial score (nSPS) is 13.8. The van der Waals surface area contributed by atoms with Gasteiger partial charge in [-0.05, 0) is 25.0 Å². The molecule has 0 saturated carbocycles. The van der Waals surface area contributed by atoms with Crippen LogP contribution in [0.2, 0.25) is 0 Å². The number of carbonyl (C=O) groups is 3. The molecule has 0 unspecified atom stereocenters. The Morgan fingerprint density at radius 3 is 1.84 bits per heavy atom. The van der Waals surface area contributed by atoms with Crippen molar-refractivity contribution in [2.24, 2.45) is 0 Å². The molecule has 2 rings (SSSR count). The van der Waals surface area contributed by atoms with Gasteiger partial charge in [-0.25, -0.2) is 14.6 Å². The van der Waals surface area contributed by atoms with Crippen molar-refractivity contribution in [2.75, 3.05) is 27.3 Å². The van der Waals surface area contributed by atoms with Gasteiger partial charge in [0.15, 0.2) is 0 Å². The van der Waals surface area contributed by atoms with E-state index in [0.29, 0.717) is 17.1 Å². The molecule has 1 heterocycles. The molecule has 0 radical (unpaired) electrons. The van der Waals surface area contributed by atoms with E-state index in [9.17, 15) is 4.79 Å². The summed E-state index contributed by atoms with van der Waals surface area (Å²) in [6.07, 6.45) is 3.46. The predicted molar refractivity (Wildman–Crippen MR) is 87.7 cm³/mol. The Balaban J connectivity index is 0.000000450.